The van der Waals surface area contributed by atoms with Crippen molar-refractivity contribution in [2.75, 3.05) is 0 Å². The number of hydrogen-bond donors (Lipinski definition) is 0. The molecule has 5 aromatic carbocycles. The van der Waals surface area contributed by atoms with E-state index >= 15 is 0 Å². The molecule has 0 saturated heterocycles. The molecule has 0 atom stereocenters. The highest BCUT2D eigenvalue weighted by Crippen LogP contribution is 2.48. The van der Waals surface area contributed by atoms with Crippen LogP contribution >= 0.6 is 0 Å². The molecule has 1 aliphatic rings. The lowest BCUT2D eigenvalue weighted by molar-refractivity contribution is 0.659. The first-order valence-corrected chi connectivity index (χ1v) is 12.3. The fourth-order valence-electron chi connectivity index (χ4n) is 5.87. The summed E-state index contributed by atoms with van der Waals surface area (Å²) in [4.78, 5) is 0. The van der Waals surface area contributed by atoms with E-state index in [1.807, 2.05) is 12.1 Å². The molecule has 1 heteroatoms. The van der Waals surface area contributed by atoms with Crippen molar-refractivity contribution in [3.8, 4) is 22.3 Å². The van der Waals surface area contributed by atoms with Gasteiger partial charge in [-0.15, -0.1) is 0 Å². The second kappa shape index (κ2) is 7.45. The average molecular weight is 451 g/mol. The van der Waals surface area contributed by atoms with Gasteiger partial charge in [-0.1, -0.05) is 117 Å². The molecule has 1 nitrogen and oxygen atoms in total. The molecule has 1 aliphatic carbocycles. The number of fused-ring (bicyclic) bond motifs is 6. The van der Waals surface area contributed by atoms with E-state index in [4.69, 9.17) is 4.42 Å². The van der Waals surface area contributed by atoms with E-state index in [1.54, 1.807) is 0 Å². The molecule has 0 aliphatic heterocycles. The van der Waals surface area contributed by atoms with Crippen LogP contribution in [-0.2, 0) is 11.8 Å². The molecule has 0 amide bonds. The SMILES string of the molecule is CC1(C)c2ccccc2-c2ccc(Cc3ccc(-c4cccc5c4oc4ccccc45)cc3)cc21. The summed E-state index contributed by atoms with van der Waals surface area (Å²) in [5, 5.41) is 2.34. The number of rotatable bonds is 3. The molecule has 1 aromatic heterocycles. The third-order valence-electron chi connectivity index (χ3n) is 7.73. The van der Waals surface area contributed by atoms with Crippen molar-refractivity contribution in [2.24, 2.45) is 0 Å². The third kappa shape index (κ3) is 3.08. The molecular weight excluding hydrogens is 424 g/mol. The Hall–Kier alpha value is -4.10. The molecule has 7 rings (SSSR count). The summed E-state index contributed by atoms with van der Waals surface area (Å²) in [6, 6.07) is 39.5. The van der Waals surface area contributed by atoms with Crippen LogP contribution in [0.3, 0.4) is 0 Å². The highest BCUT2D eigenvalue weighted by Gasteiger charge is 2.35. The molecular formula is C34H26O. The summed E-state index contributed by atoms with van der Waals surface area (Å²) in [5.74, 6) is 0. The van der Waals surface area contributed by atoms with Crippen LogP contribution in [0.2, 0.25) is 0 Å². The molecule has 1 heterocycles. The molecule has 0 spiro atoms. The first-order chi connectivity index (χ1) is 17.1. The Kier molecular flexibility index (Phi) is 4.32. The first kappa shape index (κ1) is 20.3. The van der Waals surface area contributed by atoms with E-state index in [-0.39, 0.29) is 5.41 Å². The maximum atomic E-state index is 6.25. The van der Waals surface area contributed by atoms with Crippen molar-refractivity contribution in [3.63, 3.8) is 0 Å². The van der Waals surface area contributed by atoms with Gasteiger partial charge in [-0.25, -0.2) is 0 Å². The van der Waals surface area contributed by atoms with Crippen LogP contribution in [-0.4, -0.2) is 0 Å². The number of furan rings is 1. The van der Waals surface area contributed by atoms with E-state index in [0.717, 1.165) is 23.2 Å². The maximum absolute atomic E-state index is 6.25. The lowest BCUT2D eigenvalue weighted by Gasteiger charge is -2.22. The van der Waals surface area contributed by atoms with Gasteiger partial charge >= 0.3 is 0 Å². The van der Waals surface area contributed by atoms with Crippen molar-refractivity contribution in [3.05, 3.63) is 131 Å². The second-order valence-electron chi connectivity index (χ2n) is 10.2. The Labute approximate surface area is 205 Å². The fourth-order valence-corrected chi connectivity index (χ4v) is 5.87. The Bertz CT molecular complexity index is 1730. The predicted octanol–water partition coefficient (Wildman–Crippen LogP) is 9.15. The summed E-state index contributed by atoms with van der Waals surface area (Å²) in [7, 11) is 0. The molecule has 0 unspecified atom stereocenters. The summed E-state index contributed by atoms with van der Waals surface area (Å²) in [6.45, 7) is 4.68. The minimum atomic E-state index is 0.0387. The van der Waals surface area contributed by atoms with Crippen molar-refractivity contribution >= 4 is 21.9 Å². The van der Waals surface area contributed by atoms with Gasteiger partial charge in [0, 0.05) is 21.8 Å². The van der Waals surface area contributed by atoms with Crippen LogP contribution in [0.25, 0.3) is 44.2 Å². The topological polar surface area (TPSA) is 13.1 Å². The number of para-hydroxylation sites is 2. The third-order valence-corrected chi connectivity index (χ3v) is 7.73. The van der Waals surface area contributed by atoms with Gasteiger partial charge in [0.1, 0.15) is 11.2 Å². The molecule has 35 heavy (non-hydrogen) atoms. The summed E-state index contributed by atoms with van der Waals surface area (Å²) in [5.41, 5.74) is 12.6. The van der Waals surface area contributed by atoms with Crippen LogP contribution in [0.1, 0.15) is 36.1 Å². The zero-order valence-corrected chi connectivity index (χ0v) is 20.0. The standard InChI is InChI=1S/C34H26O/c1-34(2)30-12-5-3-8-26(30)27-19-16-23(21-31(27)34)20-22-14-17-24(18-15-22)25-10-7-11-29-28-9-4-6-13-32(28)35-33(25)29/h3-19,21H,20H2,1-2H3. The smallest absolute Gasteiger partial charge is 0.143 e. The van der Waals surface area contributed by atoms with Crippen molar-refractivity contribution in [1.29, 1.82) is 0 Å². The van der Waals surface area contributed by atoms with E-state index in [0.29, 0.717) is 0 Å². The second-order valence-corrected chi connectivity index (χ2v) is 10.2. The van der Waals surface area contributed by atoms with Gasteiger partial charge in [0.2, 0.25) is 0 Å². The largest absolute Gasteiger partial charge is 0.455 e. The van der Waals surface area contributed by atoms with E-state index in [2.05, 4.69) is 111 Å². The summed E-state index contributed by atoms with van der Waals surface area (Å²) in [6.07, 6.45) is 0.925. The van der Waals surface area contributed by atoms with Gasteiger partial charge < -0.3 is 4.42 Å². The maximum Gasteiger partial charge on any atom is 0.143 e. The lowest BCUT2D eigenvalue weighted by atomic mass is 9.81. The minimum Gasteiger partial charge on any atom is -0.455 e. The zero-order chi connectivity index (χ0) is 23.6. The van der Waals surface area contributed by atoms with Crippen molar-refractivity contribution in [1.82, 2.24) is 0 Å². The number of hydrogen-bond acceptors (Lipinski definition) is 1. The Morgan fingerprint density at radius 3 is 2.14 bits per heavy atom. The van der Waals surface area contributed by atoms with Gasteiger partial charge in [-0.05, 0) is 51.4 Å². The Morgan fingerprint density at radius 2 is 1.26 bits per heavy atom. The fraction of sp³-hybridized carbons (Fsp3) is 0.118. The zero-order valence-electron chi connectivity index (χ0n) is 20.0. The molecule has 0 radical (unpaired) electrons. The summed E-state index contributed by atoms with van der Waals surface area (Å²) >= 11 is 0. The van der Waals surface area contributed by atoms with Crippen LogP contribution in [0.4, 0.5) is 0 Å². The van der Waals surface area contributed by atoms with E-state index < -0.39 is 0 Å². The highest BCUT2D eigenvalue weighted by molar-refractivity contribution is 6.09. The van der Waals surface area contributed by atoms with Crippen molar-refractivity contribution < 1.29 is 4.42 Å². The molecule has 0 N–H and O–H groups in total. The van der Waals surface area contributed by atoms with Gasteiger partial charge in [0.15, 0.2) is 0 Å². The van der Waals surface area contributed by atoms with Crippen LogP contribution < -0.4 is 0 Å². The van der Waals surface area contributed by atoms with E-state index in [9.17, 15) is 0 Å². The van der Waals surface area contributed by atoms with Gasteiger partial charge in [0.05, 0.1) is 0 Å². The molecule has 0 bridgehead atoms. The van der Waals surface area contributed by atoms with E-state index in [1.165, 1.54) is 49.7 Å². The number of benzene rings is 5. The monoisotopic (exact) mass is 450 g/mol. The molecule has 0 fully saturated rings. The van der Waals surface area contributed by atoms with Crippen LogP contribution in [0.5, 0.6) is 0 Å². The summed E-state index contributed by atoms with van der Waals surface area (Å²) < 4.78 is 6.25. The van der Waals surface area contributed by atoms with Crippen LogP contribution in [0, 0.1) is 0 Å². The van der Waals surface area contributed by atoms with Crippen LogP contribution in [0.15, 0.2) is 114 Å². The first-order valence-electron chi connectivity index (χ1n) is 12.3. The van der Waals surface area contributed by atoms with Gasteiger partial charge in [0.25, 0.3) is 0 Å². The quantitative estimate of drug-likeness (QED) is 0.262. The molecule has 6 aromatic rings. The highest BCUT2D eigenvalue weighted by atomic mass is 16.3. The van der Waals surface area contributed by atoms with Gasteiger partial charge in [-0.2, -0.15) is 0 Å². The Balaban J connectivity index is 1.21. The lowest BCUT2D eigenvalue weighted by Crippen LogP contribution is -2.15. The predicted molar refractivity (Wildman–Crippen MR) is 146 cm³/mol. The van der Waals surface area contributed by atoms with Crippen molar-refractivity contribution in [2.45, 2.75) is 25.7 Å². The minimum absolute atomic E-state index is 0.0387. The molecule has 0 saturated carbocycles. The molecule has 168 valence electrons. The van der Waals surface area contributed by atoms with Gasteiger partial charge in [-0.3, -0.25) is 0 Å². The Morgan fingerprint density at radius 1 is 0.571 bits per heavy atom. The normalized spacial score (nSPS) is 13.8. The average Bonchev–Trinajstić information content (AvgIpc) is 3.38.